The Morgan fingerprint density at radius 3 is 2.48 bits per heavy atom. The molecule has 0 saturated carbocycles. The van der Waals surface area contributed by atoms with Gasteiger partial charge >= 0.3 is 0 Å². The summed E-state index contributed by atoms with van der Waals surface area (Å²) in [7, 11) is 0. The maximum Gasteiger partial charge on any atom is 0.297 e. The van der Waals surface area contributed by atoms with Crippen LogP contribution in [0.5, 0.6) is 0 Å². The van der Waals surface area contributed by atoms with Gasteiger partial charge in [0.15, 0.2) is 0 Å². The molecular weight excluding hydrogens is 414 g/mol. The number of fused-ring (bicyclic) bond motifs is 2. The number of carbonyl (C=O) groups excluding carboxylic acids is 2. The Balaban J connectivity index is 1.60. The van der Waals surface area contributed by atoms with Crippen LogP contribution < -0.4 is 9.80 Å². The van der Waals surface area contributed by atoms with Crippen molar-refractivity contribution in [1.29, 1.82) is 0 Å². The molecule has 166 valence electrons. The van der Waals surface area contributed by atoms with Crippen molar-refractivity contribution >= 4 is 34.1 Å². The van der Waals surface area contributed by atoms with Crippen LogP contribution >= 0.6 is 0 Å². The third kappa shape index (κ3) is 3.57. The lowest BCUT2D eigenvalue weighted by Gasteiger charge is -2.43. The minimum atomic E-state index is -0.227. The van der Waals surface area contributed by atoms with Crippen LogP contribution in [-0.4, -0.2) is 23.0 Å². The Bertz CT molecular complexity index is 1310. The summed E-state index contributed by atoms with van der Waals surface area (Å²) in [5.74, 6) is 0.0552. The highest BCUT2D eigenvalue weighted by molar-refractivity contribution is 6.12. The van der Waals surface area contributed by atoms with Gasteiger partial charge in [-0.2, -0.15) is 0 Å². The molecule has 6 heteroatoms. The standard InChI is InChI=1S/C27H25N3O3/c1-3-25(31)30(19-11-5-4-6-12-19)24-17-18(2)29(23-16-10-8-14-21(23)24)27(32)26-20-13-7-9-15-22(20)28-33-26/h4-16,18,24H,3,17H2,1-2H3/t18-,24+/m0/s1. The first-order valence-corrected chi connectivity index (χ1v) is 11.2. The zero-order valence-corrected chi connectivity index (χ0v) is 18.6. The lowest BCUT2D eigenvalue weighted by Crippen LogP contribution is -2.47. The van der Waals surface area contributed by atoms with E-state index in [1.165, 1.54) is 0 Å². The number of hydrogen-bond donors (Lipinski definition) is 0. The van der Waals surface area contributed by atoms with Gasteiger partial charge in [0.25, 0.3) is 5.91 Å². The van der Waals surface area contributed by atoms with E-state index in [-0.39, 0.29) is 29.7 Å². The molecular formula is C27H25N3O3. The van der Waals surface area contributed by atoms with Crippen molar-refractivity contribution in [3.05, 3.63) is 90.2 Å². The van der Waals surface area contributed by atoms with Crippen molar-refractivity contribution in [3.63, 3.8) is 0 Å². The van der Waals surface area contributed by atoms with Crippen LogP contribution in [0.2, 0.25) is 0 Å². The molecule has 0 radical (unpaired) electrons. The predicted octanol–water partition coefficient (Wildman–Crippen LogP) is 5.75. The Morgan fingerprint density at radius 2 is 1.70 bits per heavy atom. The van der Waals surface area contributed by atoms with Gasteiger partial charge < -0.3 is 14.3 Å². The summed E-state index contributed by atoms with van der Waals surface area (Å²) < 4.78 is 5.49. The summed E-state index contributed by atoms with van der Waals surface area (Å²) in [6.07, 6.45) is 1.00. The SMILES string of the molecule is CCC(=O)N(c1ccccc1)[C@@H]1C[C@H](C)N(C(=O)c2onc3ccccc23)c2ccccc21. The lowest BCUT2D eigenvalue weighted by atomic mass is 9.89. The minimum Gasteiger partial charge on any atom is -0.350 e. The van der Waals surface area contributed by atoms with Crippen LogP contribution in [0.3, 0.4) is 0 Å². The van der Waals surface area contributed by atoms with Crippen molar-refractivity contribution in [2.45, 2.75) is 38.8 Å². The fourth-order valence-corrected chi connectivity index (χ4v) is 4.75. The van der Waals surface area contributed by atoms with E-state index in [4.69, 9.17) is 4.52 Å². The normalized spacial score (nSPS) is 17.6. The number of para-hydroxylation sites is 2. The van der Waals surface area contributed by atoms with Crippen molar-refractivity contribution in [3.8, 4) is 0 Å². The Hall–Kier alpha value is -3.93. The smallest absolute Gasteiger partial charge is 0.297 e. The number of hydrogen-bond acceptors (Lipinski definition) is 4. The van der Waals surface area contributed by atoms with Crippen molar-refractivity contribution in [2.24, 2.45) is 0 Å². The number of carbonyl (C=O) groups is 2. The topological polar surface area (TPSA) is 66.7 Å². The molecule has 2 atom stereocenters. The molecule has 4 aromatic rings. The number of rotatable bonds is 4. The van der Waals surface area contributed by atoms with E-state index < -0.39 is 0 Å². The van der Waals surface area contributed by atoms with E-state index in [9.17, 15) is 9.59 Å². The fraction of sp³-hybridized carbons (Fsp3) is 0.222. The highest BCUT2D eigenvalue weighted by Crippen LogP contribution is 2.43. The van der Waals surface area contributed by atoms with Crippen LogP contribution in [0.4, 0.5) is 11.4 Å². The van der Waals surface area contributed by atoms with E-state index in [0.717, 1.165) is 16.9 Å². The molecule has 0 saturated heterocycles. The molecule has 1 aromatic heterocycles. The Kier molecular flexibility index (Phi) is 5.42. The van der Waals surface area contributed by atoms with Crippen molar-refractivity contribution < 1.29 is 14.1 Å². The predicted molar refractivity (Wildman–Crippen MR) is 128 cm³/mol. The van der Waals surface area contributed by atoms with Gasteiger partial charge in [-0.25, -0.2) is 0 Å². The molecule has 33 heavy (non-hydrogen) atoms. The first-order chi connectivity index (χ1) is 16.1. The average molecular weight is 440 g/mol. The van der Waals surface area contributed by atoms with E-state index in [2.05, 4.69) is 5.16 Å². The van der Waals surface area contributed by atoms with Crippen LogP contribution in [0.1, 0.15) is 48.8 Å². The second-order valence-electron chi connectivity index (χ2n) is 8.32. The van der Waals surface area contributed by atoms with Gasteiger partial charge in [-0.05, 0) is 49.2 Å². The second-order valence-corrected chi connectivity index (χ2v) is 8.32. The molecule has 1 aliphatic rings. The zero-order valence-electron chi connectivity index (χ0n) is 18.6. The second kappa shape index (κ2) is 8.54. The highest BCUT2D eigenvalue weighted by atomic mass is 16.5. The number of benzene rings is 3. The summed E-state index contributed by atoms with van der Waals surface area (Å²) >= 11 is 0. The molecule has 0 bridgehead atoms. The maximum atomic E-state index is 13.7. The Morgan fingerprint density at radius 1 is 1.00 bits per heavy atom. The van der Waals surface area contributed by atoms with Crippen molar-refractivity contribution in [2.75, 3.05) is 9.80 Å². The van der Waals surface area contributed by atoms with Gasteiger partial charge in [0.1, 0.15) is 5.52 Å². The van der Waals surface area contributed by atoms with Crippen molar-refractivity contribution in [1.82, 2.24) is 5.16 Å². The van der Waals surface area contributed by atoms with E-state index >= 15 is 0 Å². The quantitative estimate of drug-likeness (QED) is 0.406. The van der Waals surface area contributed by atoms with Gasteiger partial charge in [-0.15, -0.1) is 0 Å². The maximum absolute atomic E-state index is 13.7. The molecule has 0 fully saturated rings. The molecule has 0 aliphatic carbocycles. The summed E-state index contributed by atoms with van der Waals surface area (Å²) in [4.78, 5) is 30.4. The molecule has 1 aliphatic heterocycles. The van der Waals surface area contributed by atoms with Gasteiger partial charge in [0, 0.05) is 23.8 Å². The first-order valence-electron chi connectivity index (χ1n) is 11.2. The van der Waals surface area contributed by atoms with E-state index in [1.54, 1.807) is 4.90 Å². The lowest BCUT2D eigenvalue weighted by molar-refractivity contribution is -0.118. The van der Waals surface area contributed by atoms with Crippen LogP contribution in [0.25, 0.3) is 10.9 Å². The van der Waals surface area contributed by atoms with Crippen LogP contribution in [0.15, 0.2) is 83.4 Å². The van der Waals surface area contributed by atoms with E-state index in [0.29, 0.717) is 23.7 Å². The van der Waals surface area contributed by atoms with Gasteiger partial charge in [0.2, 0.25) is 11.7 Å². The molecule has 0 spiro atoms. The molecule has 5 rings (SSSR count). The number of amides is 2. The molecule has 0 N–H and O–H groups in total. The number of anilines is 2. The first kappa shape index (κ1) is 20.9. The zero-order chi connectivity index (χ0) is 22.9. The molecule has 2 heterocycles. The summed E-state index contributed by atoms with van der Waals surface area (Å²) in [5.41, 5.74) is 3.24. The fourth-order valence-electron chi connectivity index (χ4n) is 4.75. The molecule has 3 aromatic carbocycles. The third-order valence-corrected chi connectivity index (χ3v) is 6.27. The minimum absolute atomic E-state index is 0.0502. The van der Waals surface area contributed by atoms with Gasteiger partial charge in [-0.1, -0.05) is 60.6 Å². The van der Waals surface area contributed by atoms with Gasteiger partial charge in [-0.3, -0.25) is 9.59 Å². The average Bonchev–Trinajstić information content (AvgIpc) is 3.29. The van der Waals surface area contributed by atoms with Crippen LogP contribution in [0, 0.1) is 0 Å². The van der Waals surface area contributed by atoms with Gasteiger partial charge in [0.05, 0.1) is 11.4 Å². The highest BCUT2D eigenvalue weighted by Gasteiger charge is 2.39. The number of nitrogens with zero attached hydrogens (tertiary/aromatic N) is 3. The largest absolute Gasteiger partial charge is 0.350 e. The number of aromatic nitrogens is 1. The monoisotopic (exact) mass is 439 g/mol. The molecule has 2 amide bonds. The molecule has 0 unspecified atom stereocenters. The summed E-state index contributed by atoms with van der Waals surface area (Å²) in [6, 6.07) is 24.6. The Labute approximate surface area is 192 Å². The molecule has 6 nitrogen and oxygen atoms in total. The summed E-state index contributed by atoms with van der Waals surface area (Å²) in [5, 5.41) is 4.75. The van der Waals surface area contributed by atoms with Crippen LogP contribution in [-0.2, 0) is 4.79 Å². The third-order valence-electron chi connectivity index (χ3n) is 6.27. The summed E-state index contributed by atoms with van der Waals surface area (Å²) in [6.45, 7) is 3.89. The van der Waals surface area contributed by atoms with E-state index in [1.807, 2.05) is 97.6 Å².